The smallest absolute Gasteiger partial charge is 0.357 e. The van der Waals surface area contributed by atoms with E-state index >= 15 is 0 Å². The fourth-order valence-corrected chi connectivity index (χ4v) is 6.91. The zero-order valence-electron chi connectivity index (χ0n) is 24.2. The quantitative estimate of drug-likeness (QED) is 0.287. The van der Waals surface area contributed by atoms with E-state index in [0.717, 1.165) is 21.3 Å². The number of benzene rings is 3. The fraction of sp³-hybridized carbons (Fsp3) is 0.242. The Hall–Kier alpha value is -4.77. The zero-order chi connectivity index (χ0) is 31.2. The molecule has 3 atom stereocenters. The third kappa shape index (κ3) is 4.41. The van der Waals surface area contributed by atoms with E-state index in [0.29, 0.717) is 12.1 Å². The van der Waals surface area contributed by atoms with Gasteiger partial charge < -0.3 is 19.1 Å². The number of methoxy groups -OCH3 is 3. The van der Waals surface area contributed by atoms with Crippen molar-refractivity contribution in [3.63, 3.8) is 0 Å². The number of para-hydroxylation sites is 1. The van der Waals surface area contributed by atoms with Crippen LogP contribution in [-0.4, -0.2) is 68.0 Å². The maximum Gasteiger partial charge on any atom is 0.357 e. The van der Waals surface area contributed by atoms with Gasteiger partial charge in [0, 0.05) is 22.3 Å². The molecule has 0 bridgehead atoms. The second-order valence-electron chi connectivity index (χ2n) is 10.6. The minimum atomic E-state index is -1.21. The molecule has 1 amide bonds. The summed E-state index contributed by atoms with van der Waals surface area (Å²) >= 11 is 3.40. The lowest BCUT2D eigenvalue weighted by molar-refractivity contribution is -0.144. The molecule has 1 saturated heterocycles. The fourth-order valence-electron chi connectivity index (χ4n) is 6.64. The molecule has 11 heteroatoms. The van der Waals surface area contributed by atoms with Crippen LogP contribution in [0.25, 0.3) is 0 Å². The highest BCUT2D eigenvalue weighted by molar-refractivity contribution is 9.10. The summed E-state index contributed by atoms with van der Waals surface area (Å²) in [5.74, 6) is -2.65. The number of fused-ring (bicyclic) bond motifs is 1. The van der Waals surface area contributed by atoms with Crippen LogP contribution < -0.4 is 4.90 Å². The molecule has 0 radical (unpaired) electrons. The number of anilines is 1. The number of aliphatic imine (C=N–C) groups is 1. The van der Waals surface area contributed by atoms with Gasteiger partial charge in [-0.15, -0.1) is 0 Å². The number of hydrogen-bond acceptors (Lipinski definition) is 9. The Morgan fingerprint density at radius 2 is 1.52 bits per heavy atom. The molecule has 0 N–H and O–H groups in total. The second kappa shape index (κ2) is 11.4. The standard InChI is InChI=1S/C33H28BrN3O7/c1-42-29(39)24-17-33-22-11-7-8-12-23(22)36(18-19-9-5-4-6-10-19)27(33)25(30(40)43-2)26(31(41)44-3)35-32(33)37(24)28(38)20-13-15-21(34)16-14-20/h4-16,24,27H,17-18H2,1-3H3/t24-,27-,33-/m0/s1. The Labute approximate surface area is 262 Å². The predicted molar refractivity (Wildman–Crippen MR) is 164 cm³/mol. The third-order valence-corrected chi connectivity index (χ3v) is 8.96. The summed E-state index contributed by atoms with van der Waals surface area (Å²) in [6, 6.07) is 21.9. The van der Waals surface area contributed by atoms with Crippen molar-refractivity contribution in [3.8, 4) is 0 Å². The highest BCUT2D eigenvalue weighted by atomic mass is 79.9. The van der Waals surface area contributed by atoms with Crippen LogP contribution in [0.2, 0.25) is 0 Å². The summed E-state index contributed by atoms with van der Waals surface area (Å²) in [7, 11) is 3.68. The van der Waals surface area contributed by atoms with Crippen LogP contribution in [0.4, 0.5) is 5.69 Å². The van der Waals surface area contributed by atoms with Crippen LogP contribution in [0.5, 0.6) is 0 Å². The van der Waals surface area contributed by atoms with Gasteiger partial charge in [0.05, 0.1) is 38.4 Å². The van der Waals surface area contributed by atoms with E-state index in [2.05, 4.69) is 15.9 Å². The summed E-state index contributed by atoms with van der Waals surface area (Å²) in [6.07, 6.45) is 0.0443. The molecule has 3 aromatic carbocycles. The first-order chi connectivity index (χ1) is 21.3. The topological polar surface area (TPSA) is 115 Å². The maximum atomic E-state index is 14.3. The van der Waals surface area contributed by atoms with Gasteiger partial charge in [-0.25, -0.2) is 19.4 Å². The van der Waals surface area contributed by atoms with Crippen LogP contribution in [0, 0.1) is 0 Å². The molecule has 0 saturated carbocycles. The first kappa shape index (κ1) is 29.3. The molecule has 3 heterocycles. The zero-order valence-corrected chi connectivity index (χ0v) is 25.7. The molecule has 3 aromatic rings. The number of amidine groups is 1. The van der Waals surface area contributed by atoms with Crippen molar-refractivity contribution in [2.24, 2.45) is 4.99 Å². The molecule has 0 aromatic heterocycles. The molecular weight excluding hydrogens is 630 g/mol. The van der Waals surface area contributed by atoms with Gasteiger partial charge in [-0.1, -0.05) is 64.5 Å². The normalized spacial score (nSPS) is 21.6. The lowest BCUT2D eigenvalue weighted by Gasteiger charge is -2.40. The van der Waals surface area contributed by atoms with E-state index in [1.807, 2.05) is 59.5 Å². The van der Waals surface area contributed by atoms with E-state index in [9.17, 15) is 19.2 Å². The first-order valence-electron chi connectivity index (χ1n) is 13.8. The van der Waals surface area contributed by atoms with E-state index in [1.54, 1.807) is 24.3 Å². The Balaban J connectivity index is 1.66. The molecule has 6 rings (SSSR count). The van der Waals surface area contributed by atoms with Gasteiger partial charge in [0.25, 0.3) is 5.91 Å². The van der Waals surface area contributed by atoms with Gasteiger partial charge in [0.2, 0.25) is 0 Å². The summed E-state index contributed by atoms with van der Waals surface area (Å²) in [5, 5.41) is 0. The molecule has 0 aliphatic carbocycles. The minimum Gasteiger partial charge on any atom is -0.467 e. The van der Waals surface area contributed by atoms with E-state index in [1.165, 1.54) is 26.2 Å². The Morgan fingerprint density at radius 1 is 0.864 bits per heavy atom. The molecule has 44 heavy (non-hydrogen) atoms. The van der Waals surface area contributed by atoms with Crippen molar-refractivity contribution in [2.45, 2.75) is 30.5 Å². The number of ether oxygens (including phenoxy) is 3. The first-order valence-corrected chi connectivity index (χ1v) is 14.6. The van der Waals surface area contributed by atoms with Crippen molar-refractivity contribution in [1.29, 1.82) is 0 Å². The number of likely N-dealkylation sites (tertiary alicyclic amines) is 1. The van der Waals surface area contributed by atoms with E-state index in [-0.39, 0.29) is 23.5 Å². The van der Waals surface area contributed by atoms with Gasteiger partial charge >= 0.3 is 17.9 Å². The van der Waals surface area contributed by atoms with Crippen molar-refractivity contribution in [1.82, 2.24) is 4.90 Å². The van der Waals surface area contributed by atoms with Gasteiger partial charge in [0.15, 0.2) is 5.70 Å². The number of carbonyl (C=O) groups is 4. The van der Waals surface area contributed by atoms with Gasteiger partial charge in [-0.05, 0) is 47.9 Å². The van der Waals surface area contributed by atoms with Crippen molar-refractivity contribution >= 4 is 51.3 Å². The SMILES string of the molecule is COC(=O)C1=C(C(=O)OC)[C@@H]2N(Cc3ccccc3)c3ccccc3[C@@]23C[C@@H](C(=O)OC)N(C(=O)c2ccc(Br)cc2)C3=N1. The van der Waals surface area contributed by atoms with Crippen LogP contribution >= 0.6 is 15.9 Å². The molecule has 10 nitrogen and oxygen atoms in total. The number of hydrogen-bond donors (Lipinski definition) is 0. The summed E-state index contributed by atoms with van der Waals surface area (Å²) in [6.45, 7) is 0.343. The number of amides is 1. The average molecular weight is 659 g/mol. The van der Waals surface area contributed by atoms with Crippen LogP contribution in [0.1, 0.15) is 27.9 Å². The minimum absolute atomic E-state index is 0.0169. The van der Waals surface area contributed by atoms with E-state index in [4.69, 9.17) is 19.2 Å². The molecule has 0 unspecified atom stereocenters. The summed E-state index contributed by atoms with van der Waals surface area (Å²) in [4.78, 5) is 62.9. The van der Waals surface area contributed by atoms with Crippen LogP contribution in [0.3, 0.4) is 0 Å². The van der Waals surface area contributed by atoms with Gasteiger partial charge in [-0.3, -0.25) is 9.69 Å². The number of esters is 3. The largest absolute Gasteiger partial charge is 0.467 e. The lowest BCUT2D eigenvalue weighted by atomic mass is 9.69. The number of nitrogens with zero attached hydrogens (tertiary/aromatic N) is 3. The predicted octanol–water partition coefficient (Wildman–Crippen LogP) is 4.18. The molecule has 224 valence electrons. The van der Waals surface area contributed by atoms with Gasteiger partial charge in [0.1, 0.15) is 11.9 Å². The highest BCUT2D eigenvalue weighted by Gasteiger charge is 2.67. The number of rotatable bonds is 6. The molecule has 1 fully saturated rings. The number of halogens is 1. The van der Waals surface area contributed by atoms with Crippen LogP contribution in [0.15, 0.2) is 99.6 Å². The molecular formula is C33H28BrN3O7. The van der Waals surface area contributed by atoms with Gasteiger partial charge in [-0.2, -0.15) is 0 Å². The second-order valence-corrected chi connectivity index (χ2v) is 11.5. The Morgan fingerprint density at radius 3 is 2.18 bits per heavy atom. The van der Waals surface area contributed by atoms with Crippen molar-refractivity contribution < 1.29 is 33.4 Å². The molecule has 3 aliphatic heterocycles. The van der Waals surface area contributed by atoms with Crippen molar-refractivity contribution in [3.05, 3.63) is 111 Å². The van der Waals surface area contributed by atoms with Crippen LogP contribution in [-0.2, 0) is 40.6 Å². The molecule has 1 spiro atoms. The van der Waals surface area contributed by atoms with Crippen molar-refractivity contribution in [2.75, 3.05) is 26.2 Å². The third-order valence-electron chi connectivity index (χ3n) is 8.44. The Kier molecular flexibility index (Phi) is 7.58. The Bertz CT molecular complexity index is 1740. The monoisotopic (exact) mass is 657 g/mol. The number of carbonyl (C=O) groups excluding carboxylic acids is 4. The lowest BCUT2D eigenvalue weighted by Crippen LogP contribution is -2.55. The summed E-state index contributed by atoms with van der Waals surface area (Å²) in [5.41, 5.74) is 1.24. The maximum absolute atomic E-state index is 14.3. The van der Waals surface area contributed by atoms with E-state index < -0.39 is 41.3 Å². The average Bonchev–Trinajstić information content (AvgIpc) is 3.55. The highest BCUT2D eigenvalue weighted by Crippen LogP contribution is 2.58. The molecule has 3 aliphatic rings. The summed E-state index contributed by atoms with van der Waals surface area (Å²) < 4.78 is 16.3.